The molecule has 2 heterocycles. The summed E-state index contributed by atoms with van der Waals surface area (Å²) < 4.78 is 47.2. The molecule has 11 heteroatoms. The van der Waals surface area contributed by atoms with Crippen LogP contribution in [0.2, 0.25) is 0 Å². The van der Waals surface area contributed by atoms with E-state index < -0.39 is 10.0 Å². The fraction of sp³-hybridized carbons (Fsp3) is 0.240. The molecule has 4 aromatic rings. The molecule has 0 aliphatic heterocycles. The van der Waals surface area contributed by atoms with E-state index in [1.54, 1.807) is 54.1 Å². The molecule has 0 spiro atoms. The fourth-order valence-corrected chi connectivity index (χ4v) is 4.71. The largest absolute Gasteiger partial charge is 0.494 e. The molecule has 10 nitrogen and oxygen atoms in total. The molecule has 0 unspecified atom stereocenters. The lowest BCUT2D eigenvalue weighted by molar-refractivity contribution is 0.317. The molecule has 2 aromatic carbocycles. The lowest BCUT2D eigenvalue weighted by atomic mass is 10.3. The predicted molar refractivity (Wildman–Crippen MR) is 135 cm³/mol. The van der Waals surface area contributed by atoms with E-state index in [1.807, 2.05) is 26.8 Å². The summed E-state index contributed by atoms with van der Waals surface area (Å²) in [6.07, 6.45) is 1.40. The van der Waals surface area contributed by atoms with Crippen molar-refractivity contribution in [1.82, 2.24) is 19.7 Å². The van der Waals surface area contributed by atoms with Gasteiger partial charge in [-0.3, -0.25) is 4.72 Å². The van der Waals surface area contributed by atoms with Crippen LogP contribution in [0.5, 0.6) is 23.1 Å². The Hall–Kier alpha value is -4.12. The number of hydrogen-bond donors (Lipinski definition) is 1. The number of aryl methyl sites for hydroxylation is 2. The van der Waals surface area contributed by atoms with E-state index in [4.69, 9.17) is 14.2 Å². The molecule has 0 saturated heterocycles. The third kappa shape index (κ3) is 5.74. The molecule has 0 amide bonds. The molecule has 36 heavy (non-hydrogen) atoms. The Kier molecular flexibility index (Phi) is 7.39. The number of anilines is 1. The molecular weight excluding hydrogens is 482 g/mol. The summed E-state index contributed by atoms with van der Waals surface area (Å²) in [5.41, 5.74) is 2.18. The normalized spacial score (nSPS) is 11.2. The first-order valence-corrected chi connectivity index (χ1v) is 12.8. The monoisotopic (exact) mass is 509 g/mol. The maximum absolute atomic E-state index is 13.1. The number of nitrogens with one attached hydrogen (secondary N) is 1. The van der Waals surface area contributed by atoms with Gasteiger partial charge in [0.1, 0.15) is 28.5 Å². The standard InChI is InChI=1S/C25H27N5O5S/c1-5-33-21-11-12-23(22(14-21)34-6-2)36(31,32)29-19-7-9-20(10-8-19)35-25-15-24(26-16-27-25)30-18(4)13-17(3)28-30/h7-16,29H,5-6H2,1-4H3. The van der Waals surface area contributed by atoms with Crippen molar-refractivity contribution in [1.29, 1.82) is 0 Å². The van der Waals surface area contributed by atoms with Crippen molar-refractivity contribution in [2.75, 3.05) is 17.9 Å². The van der Waals surface area contributed by atoms with Crippen LogP contribution in [0.1, 0.15) is 25.2 Å². The number of hydrogen-bond acceptors (Lipinski definition) is 8. The van der Waals surface area contributed by atoms with Gasteiger partial charge in [-0.1, -0.05) is 0 Å². The van der Waals surface area contributed by atoms with Gasteiger partial charge < -0.3 is 14.2 Å². The molecule has 0 aliphatic carbocycles. The van der Waals surface area contributed by atoms with Gasteiger partial charge in [0, 0.05) is 23.5 Å². The first-order valence-electron chi connectivity index (χ1n) is 11.3. The van der Waals surface area contributed by atoms with Crippen molar-refractivity contribution in [3.8, 4) is 28.9 Å². The number of sulfonamides is 1. The Morgan fingerprint density at radius 2 is 1.61 bits per heavy atom. The summed E-state index contributed by atoms with van der Waals surface area (Å²) in [7, 11) is -3.91. The highest BCUT2D eigenvalue weighted by molar-refractivity contribution is 7.92. The minimum absolute atomic E-state index is 0.0193. The molecule has 0 saturated carbocycles. The van der Waals surface area contributed by atoms with E-state index in [2.05, 4.69) is 19.8 Å². The summed E-state index contributed by atoms with van der Waals surface area (Å²) in [6.45, 7) is 8.26. The average Bonchev–Trinajstić information content (AvgIpc) is 3.18. The maximum Gasteiger partial charge on any atom is 0.265 e. The molecular formula is C25H27N5O5S. The minimum Gasteiger partial charge on any atom is -0.494 e. The van der Waals surface area contributed by atoms with Crippen LogP contribution in [-0.2, 0) is 10.0 Å². The predicted octanol–water partition coefficient (Wildman–Crippen LogP) is 4.67. The van der Waals surface area contributed by atoms with Gasteiger partial charge in [0.15, 0.2) is 5.82 Å². The average molecular weight is 510 g/mol. The maximum atomic E-state index is 13.1. The summed E-state index contributed by atoms with van der Waals surface area (Å²) >= 11 is 0. The van der Waals surface area contributed by atoms with Crippen molar-refractivity contribution < 1.29 is 22.6 Å². The highest BCUT2D eigenvalue weighted by Gasteiger charge is 2.21. The van der Waals surface area contributed by atoms with Gasteiger partial charge in [0.05, 0.1) is 18.9 Å². The third-order valence-electron chi connectivity index (χ3n) is 5.00. The SMILES string of the molecule is CCOc1ccc(S(=O)(=O)Nc2ccc(Oc3cc(-n4nc(C)cc4C)ncn3)cc2)c(OCC)c1. The zero-order valence-electron chi connectivity index (χ0n) is 20.4. The molecule has 0 atom stereocenters. The van der Waals surface area contributed by atoms with Gasteiger partial charge in [-0.25, -0.2) is 23.1 Å². The molecule has 0 bridgehead atoms. The highest BCUT2D eigenvalue weighted by atomic mass is 32.2. The third-order valence-corrected chi connectivity index (χ3v) is 6.42. The smallest absolute Gasteiger partial charge is 0.265 e. The van der Waals surface area contributed by atoms with E-state index in [-0.39, 0.29) is 10.6 Å². The van der Waals surface area contributed by atoms with Crippen molar-refractivity contribution >= 4 is 15.7 Å². The van der Waals surface area contributed by atoms with Crippen molar-refractivity contribution in [3.05, 3.63) is 72.3 Å². The van der Waals surface area contributed by atoms with Gasteiger partial charge in [-0.05, 0) is 70.2 Å². The van der Waals surface area contributed by atoms with E-state index in [0.717, 1.165) is 11.4 Å². The second-order valence-corrected chi connectivity index (χ2v) is 9.41. The van der Waals surface area contributed by atoms with Crippen LogP contribution in [0, 0.1) is 13.8 Å². The zero-order valence-corrected chi connectivity index (χ0v) is 21.2. The summed E-state index contributed by atoms with van der Waals surface area (Å²) in [5, 5.41) is 4.42. The molecule has 0 radical (unpaired) electrons. The van der Waals surface area contributed by atoms with Gasteiger partial charge in [-0.15, -0.1) is 0 Å². The van der Waals surface area contributed by atoms with Crippen LogP contribution >= 0.6 is 0 Å². The second-order valence-electron chi connectivity index (χ2n) is 7.76. The van der Waals surface area contributed by atoms with E-state index in [1.165, 1.54) is 12.4 Å². The molecule has 188 valence electrons. The van der Waals surface area contributed by atoms with E-state index >= 15 is 0 Å². The number of benzene rings is 2. The quantitative estimate of drug-likeness (QED) is 0.328. The Morgan fingerprint density at radius 3 is 2.28 bits per heavy atom. The zero-order chi connectivity index (χ0) is 25.7. The van der Waals surface area contributed by atoms with Crippen LogP contribution in [0.3, 0.4) is 0 Å². The van der Waals surface area contributed by atoms with Gasteiger partial charge in [-0.2, -0.15) is 5.10 Å². The molecule has 2 aromatic heterocycles. The topological polar surface area (TPSA) is 117 Å². The first kappa shape index (κ1) is 25.0. The minimum atomic E-state index is -3.91. The number of nitrogens with zero attached hydrogens (tertiary/aromatic N) is 4. The number of rotatable bonds is 10. The van der Waals surface area contributed by atoms with Crippen LogP contribution in [-0.4, -0.2) is 41.4 Å². The van der Waals surface area contributed by atoms with Gasteiger partial charge in [0.25, 0.3) is 10.0 Å². The van der Waals surface area contributed by atoms with Crippen LogP contribution in [0.15, 0.2) is 65.8 Å². The van der Waals surface area contributed by atoms with Crippen LogP contribution in [0.4, 0.5) is 5.69 Å². The summed E-state index contributed by atoms with van der Waals surface area (Å²) in [6, 6.07) is 14.8. The van der Waals surface area contributed by atoms with E-state index in [9.17, 15) is 8.42 Å². The molecule has 4 rings (SSSR count). The second kappa shape index (κ2) is 10.6. The van der Waals surface area contributed by atoms with Crippen molar-refractivity contribution in [2.24, 2.45) is 0 Å². The highest BCUT2D eigenvalue weighted by Crippen LogP contribution is 2.31. The van der Waals surface area contributed by atoms with E-state index in [0.29, 0.717) is 42.1 Å². The van der Waals surface area contributed by atoms with Gasteiger partial charge >= 0.3 is 0 Å². The fourth-order valence-electron chi connectivity index (χ4n) is 3.52. The van der Waals surface area contributed by atoms with Crippen molar-refractivity contribution in [2.45, 2.75) is 32.6 Å². The van der Waals surface area contributed by atoms with Crippen LogP contribution < -0.4 is 18.9 Å². The van der Waals surface area contributed by atoms with Crippen LogP contribution in [0.25, 0.3) is 5.82 Å². The summed E-state index contributed by atoms with van der Waals surface area (Å²) in [4.78, 5) is 8.43. The molecule has 0 aliphatic rings. The Labute approximate surface area is 209 Å². The Bertz CT molecular complexity index is 1450. The molecule has 1 N–H and O–H groups in total. The Balaban J connectivity index is 1.50. The number of ether oxygens (including phenoxy) is 3. The number of aromatic nitrogens is 4. The van der Waals surface area contributed by atoms with Gasteiger partial charge in [0.2, 0.25) is 5.88 Å². The Morgan fingerprint density at radius 1 is 0.889 bits per heavy atom. The van der Waals surface area contributed by atoms with Crippen molar-refractivity contribution in [3.63, 3.8) is 0 Å². The first-order chi connectivity index (χ1) is 17.3. The lowest BCUT2D eigenvalue weighted by Crippen LogP contribution is -2.14. The molecule has 0 fully saturated rings. The summed E-state index contributed by atoms with van der Waals surface area (Å²) in [5.74, 6) is 2.14. The lowest BCUT2D eigenvalue weighted by Gasteiger charge is -2.14.